The van der Waals surface area contributed by atoms with Gasteiger partial charge in [-0.3, -0.25) is 28.8 Å². The maximum Gasteiger partial charge on any atom is 0.326 e. The molecule has 0 radical (unpaired) electrons. The summed E-state index contributed by atoms with van der Waals surface area (Å²) < 4.78 is 0. The summed E-state index contributed by atoms with van der Waals surface area (Å²) in [5, 5.41) is 27.7. The van der Waals surface area contributed by atoms with E-state index in [9.17, 15) is 43.8 Å². The highest BCUT2D eigenvalue weighted by Crippen LogP contribution is 2.23. The topological polar surface area (TPSA) is 284 Å². The Morgan fingerprint density at radius 2 is 1.52 bits per heavy atom. The molecule has 346 valence electrons. The van der Waals surface area contributed by atoms with Crippen LogP contribution in [0.3, 0.4) is 0 Å². The number of hydrogen-bond acceptors (Lipinski definition) is 11. The highest BCUT2D eigenvalue weighted by molar-refractivity contribution is 5.96. The average Bonchev–Trinajstić information content (AvgIpc) is 3.73. The van der Waals surface area contributed by atoms with Crippen LogP contribution >= 0.6 is 0 Å². The molecule has 0 spiro atoms. The Kier molecular flexibility index (Phi) is 23.6. The van der Waals surface area contributed by atoms with Gasteiger partial charge >= 0.3 is 5.97 Å². The number of carboxylic acid groups (broad SMARTS) is 1. The van der Waals surface area contributed by atoms with Crippen LogP contribution < -0.4 is 33.2 Å². The first-order valence-corrected chi connectivity index (χ1v) is 21.8. The number of carbonyl (C=O) groups excluding carboxylic acids is 6. The van der Waals surface area contributed by atoms with Crippen molar-refractivity contribution in [1.82, 2.24) is 30.7 Å². The maximum absolute atomic E-state index is 14.6. The fourth-order valence-electron chi connectivity index (χ4n) is 7.27. The Balaban J connectivity index is 2.39. The van der Waals surface area contributed by atoms with Gasteiger partial charge in [0, 0.05) is 26.1 Å². The number of hydrogen-bond donors (Lipinski definition) is 8. The van der Waals surface area contributed by atoms with Crippen LogP contribution in [-0.4, -0.2) is 142 Å². The fraction of sp³-hybridized carbons (Fsp3) is 0.659. The van der Waals surface area contributed by atoms with Gasteiger partial charge in [-0.15, -0.1) is 12.3 Å². The summed E-state index contributed by atoms with van der Waals surface area (Å²) in [6.07, 6.45) is 9.45. The molecule has 0 unspecified atom stereocenters. The van der Waals surface area contributed by atoms with Gasteiger partial charge in [0.05, 0.1) is 19.1 Å². The second-order valence-electron chi connectivity index (χ2n) is 16.5. The number of benzene rings is 1. The SMILES string of the molecule is C#CC[C@H](N)C(=O)N(CCCCN)CC(=O)N[C@@H](CCCCN)C(=O)N1CCC[C@H]1C(=O)N(CCc1ccc(O)cc1)CC(=O)N[C@H](C(=O)N[C@@H](CC(C)C)C(=O)O)[C@@H](C)CC. The molecule has 1 heterocycles. The summed E-state index contributed by atoms with van der Waals surface area (Å²) >= 11 is 0. The number of carboxylic acids is 1. The van der Waals surface area contributed by atoms with Crippen LogP contribution in [0.5, 0.6) is 5.75 Å². The molecule has 18 nitrogen and oxygen atoms in total. The van der Waals surface area contributed by atoms with E-state index in [1.165, 1.54) is 26.8 Å². The van der Waals surface area contributed by atoms with Crippen molar-refractivity contribution >= 4 is 41.4 Å². The summed E-state index contributed by atoms with van der Waals surface area (Å²) in [5.74, 6) is -2.61. The molecule has 6 atom stereocenters. The van der Waals surface area contributed by atoms with E-state index in [2.05, 4.69) is 21.9 Å². The number of aromatic hydroxyl groups is 1. The van der Waals surface area contributed by atoms with E-state index in [4.69, 9.17) is 23.6 Å². The number of phenolic OH excluding ortho intramolecular Hbond substituents is 1. The molecule has 0 bridgehead atoms. The molecule has 1 aliphatic rings. The molecule has 2 rings (SSSR count). The van der Waals surface area contributed by atoms with E-state index >= 15 is 0 Å². The second-order valence-corrected chi connectivity index (χ2v) is 16.5. The monoisotopic (exact) mass is 870 g/mol. The van der Waals surface area contributed by atoms with Crippen molar-refractivity contribution in [1.29, 1.82) is 0 Å². The van der Waals surface area contributed by atoms with Crippen molar-refractivity contribution in [3.8, 4) is 18.1 Å². The number of carbonyl (C=O) groups is 7. The predicted octanol–water partition coefficient (Wildman–Crippen LogP) is 0.433. The zero-order valence-electron chi connectivity index (χ0n) is 37.0. The van der Waals surface area contributed by atoms with Crippen LogP contribution in [0.2, 0.25) is 0 Å². The number of nitrogens with zero attached hydrogens (tertiary/aromatic N) is 3. The Morgan fingerprint density at radius 3 is 2.11 bits per heavy atom. The molecule has 18 heteroatoms. The van der Waals surface area contributed by atoms with Gasteiger partial charge in [-0.25, -0.2) is 4.79 Å². The van der Waals surface area contributed by atoms with Crippen LogP contribution in [0.4, 0.5) is 0 Å². The molecular formula is C44H71N9O9. The Bertz CT molecular complexity index is 1670. The molecule has 1 aromatic rings. The average molecular weight is 870 g/mol. The van der Waals surface area contributed by atoms with E-state index in [0.717, 1.165) is 5.56 Å². The van der Waals surface area contributed by atoms with E-state index in [-0.39, 0.29) is 70.0 Å². The third-order valence-corrected chi connectivity index (χ3v) is 11.0. The first kappa shape index (κ1) is 52.9. The van der Waals surface area contributed by atoms with Gasteiger partial charge in [-0.1, -0.05) is 46.2 Å². The summed E-state index contributed by atoms with van der Waals surface area (Å²) in [5.41, 5.74) is 18.2. The van der Waals surface area contributed by atoms with Crippen molar-refractivity contribution in [3.63, 3.8) is 0 Å². The molecule has 1 fully saturated rings. The Labute approximate surface area is 366 Å². The maximum atomic E-state index is 14.6. The van der Waals surface area contributed by atoms with Gasteiger partial charge in [0.25, 0.3) is 0 Å². The highest BCUT2D eigenvalue weighted by atomic mass is 16.4. The molecule has 0 aromatic heterocycles. The summed E-state index contributed by atoms with van der Waals surface area (Å²) in [7, 11) is 0. The standard InChI is InChI=1S/C44H71N9O9/c1-6-13-33(47)41(58)51(23-11-10-22-46)27-37(55)48-34(14-8-9-21-45)42(59)53-24-12-15-36(53)43(60)52(25-20-31-16-18-32(54)19-17-31)28-38(56)50-39(30(5)7-2)40(57)49-35(44(61)62)26-29(3)4/h1,16-19,29-30,33-36,39,54H,7-15,20-28,45-47H2,2-5H3,(H,48,55)(H,49,57)(H,50,56)(H,61,62)/t30-,33-,34-,35-,36-,39-/m0/s1. The van der Waals surface area contributed by atoms with Crippen LogP contribution in [0.1, 0.15) is 97.5 Å². The van der Waals surface area contributed by atoms with Gasteiger partial charge in [0.2, 0.25) is 35.4 Å². The molecule has 62 heavy (non-hydrogen) atoms. The number of aliphatic carboxylic acids is 1. The van der Waals surface area contributed by atoms with E-state index in [1.54, 1.807) is 19.1 Å². The lowest BCUT2D eigenvalue weighted by Gasteiger charge is -2.33. The molecule has 11 N–H and O–H groups in total. The normalized spacial score (nSPS) is 16.0. The molecule has 1 aliphatic heterocycles. The smallest absolute Gasteiger partial charge is 0.326 e. The Hall–Kier alpha value is -5.25. The molecule has 6 amide bonds. The quantitative estimate of drug-likeness (QED) is 0.0421. The van der Waals surface area contributed by atoms with E-state index < -0.39 is 84.1 Å². The second kappa shape index (κ2) is 27.6. The summed E-state index contributed by atoms with van der Waals surface area (Å²) in [6, 6.07) is 1.07. The number of phenols is 1. The van der Waals surface area contributed by atoms with Gasteiger partial charge in [-0.05, 0) is 100 Å². The third-order valence-electron chi connectivity index (χ3n) is 11.0. The molecular weight excluding hydrogens is 799 g/mol. The zero-order chi connectivity index (χ0) is 46.4. The van der Waals surface area contributed by atoms with Crippen LogP contribution in [0.15, 0.2) is 24.3 Å². The lowest BCUT2D eigenvalue weighted by molar-refractivity contribution is -0.147. The van der Waals surface area contributed by atoms with Crippen molar-refractivity contribution in [2.24, 2.45) is 29.0 Å². The largest absolute Gasteiger partial charge is 0.508 e. The van der Waals surface area contributed by atoms with E-state index in [0.29, 0.717) is 51.6 Å². The molecule has 0 aliphatic carbocycles. The van der Waals surface area contributed by atoms with Gasteiger partial charge in [0.15, 0.2) is 0 Å². The Morgan fingerprint density at radius 1 is 0.887 bits per heavy atom. The third kappa shape index (κ3) is 17.6. The lowest BCUT2D eigenvalue weighted by Crippen LogP contribution is -2.58. The van der Waals surface area contributed by atoms with Crippen molar-refractivity contribution in [3.05, 3.63) is 29.8 Å². The van der Waals surface area contributed by atoms with Crippen LogP contribution in [-0.2, 0) is 40.0 Å². The number of terminal acetylenes is 1. The number of amides is 6. The minimum atomic E-state index is -1.19. The zero-order valence-corrected chi connectivity index (χ0v) is 37.0. The fourth-order valence-corrected chi connectivity index (χ4v) is 7.27. The summed E-state index contributed by atoms with van der Waals surface area (Å²) in [4.78, 5) is 99.0. The van der Waals surface area contributed by atoms with Gasteiger partial charge in [0.1, 0.15) is 29.9 Å². The summed E-state index contributed by atoms with van der Waals surface area (Å²) in [6.45, 7) is 7.60. The molecule has 1 saturated heterocycles. The number of nitrogens with one attached hydrogen (secondary N) is 3. The number of nitrogens with two attached hydrogens (primary N) is 3. The molecule has 0 saturated carbocycles. The predicted molar refractivity (Wildman–Crippen MR) is 235 cm³/mol. The number of unbranched alkanes of at least 4 members (excludes halogenated alkanes) is 2. The number of likely N-dealkylation sites (tertiary alicyclic amines) is 1. The highest BCUT2D eigenvalue weighted by Gasteiger charge is 2.40. The van der Waals surface area contributed by atoms with Gasteiger partial charge in [-0.2, -0.15) is 0 Å². The minimum Gasteiger partial charge on any atom is -0.508 e. The minimum absolute atomic E-state index is 0.0224. The first-order valence-electron chi connectivity index (χ1n) is 21.8. The van der Waals surface area contributed by atoms with Crippen molar-refractivity contribution < 1.29 is 43.8 Å². The van der Waals surface area contributed by atoms with Crippen LogP contribution in [0, 0.1) is 24.2 Å². The number of rotatable bonds is 28. The van der Waals surface area contributed by atoms with Crippen molar-refractivity contribution in [2.75, 3.05) is 45.8 Å². The van der Waals surface area contributed by atoms with E-state index in [1.807, 2.05) is 20.8 Å². The van der Waals surface area contributed by atoms with Crippen molar-refractivity contribution in [2.45, 2.75) is 129 Å². The van der Waals surface area contributed by atoms with Gasteiger partial charge < -0.3 is 58.1 Å². The molecule has 1 aromatic carbocycles. The lowest BCUT2D eigenvalue weighted by atomic mass is 9.97. The van der Waals surface area contributed by atoms with Crippen LogP contribution in [0.25, 0.3) is 0 Å². The first-order chi connectivity index (χ1) is 29.5.